The van der Waals surface area contributed by atoms with E-state index in [-0.39, 0.29) is 11.9 Å². The van der Waals surface area contributed by atoms with Crippen LogP contribution in [0, 0.1) is 0 Å². The van der Waals surface area contributed by atoms with Crippen LogP contribution in [0.2, 0.25) is 0 Å². The van der Waals surface area contributed by atoms with Crippen LogP contribution >= 0.6 is 11.8 Å². The Balaban J connectivity index is 1.83. The van der Waals surface area contributed by atoms with Crippen molar-refractivity contribution in [2.24, 2.45) is 0 Å². The van der Waals surface area contributed by atoms with Gasteiger partial charge < -0.3 is 5.32 Å². The predicted octanol–water partition coefficient (Wildman–Crippen LogP) is 3.08. The molecule has 1 aliphatic rings. The van der Waals surface area contributed by atoms with Crippen molar-refractivity contribution < 1.29 is 4.79 Å². The molecule has 0 unspecified atom stereocenters. The van der Waals surface area contributed by atoms with E-state index in [4.69, 9.17) is 0 Å². The topological polar surface area (TPSA) is 32.3 Å². The average molecular weight is 326 g/mol. The van der Waals surface area contributed by atoms with Crippen LogP contribution in [0.3, 0.4) is 0 Å². The second-order valence-corrected chi connectivity index (χ2v) is 6.74. The molecule has 2 aromatic carbocycles. The van der Waals surface area contributed by atoms with Gasteiger partial charge in [-0.3, -0.25) is 9.69 Å². The van der Waals surface area contributed by atoms with E-state index >= 15 is 0 Å². The van der Waals surface area contributed by atoms with Crippen LogP contribution < -0.4 is 5.32 Å². The van der Waals surface area contributed by atoms with Gasteiger partial charge in [-0.25, -0.2) is 0 Å². The highest BCUT2D eigenvalue weighted by Gasteiger charge is 2.30. The lowest BCUT2D eigenvalue weighted by Crippen LogP contribution is -2.49. The molecular formula is C19H22N2OS. The lowest BCUT2D eigenvalue weighted by molar-refractivity contribution is -0.126. The molecule has 0 radical (unpaired) electrons. The number of likely N-dealkylation sites (N-methyl/N-ethyl adjacent to an activating group) is 1. The first-order valence-electron chi connectivity index (χ1n) is 7.86. The fraction of sp³-hybridized carbons (Fsp3) is 0.316. The van der Waals surface area contributed by atoms with Gasteiger partial charge in [0.15, 0.2) is 0 Å². The van der Waals surface area contributed by atoms with Crippen LogP contribution in [0.1, 0.15) is 16.7 Å². The number of amides is 1. The predicted molar refractivity (Wildman–Crippen MR) is 95.5 cm³/mol. The Morgan fingerprint density at radius 1 is 1.17 bits per heavy atom. The van der Waals surface area contributed by atoms with Gasteiger partial charge in [0.25, 0.3) is 0 Å². The van der Waals surface area contributed by atoms with Gasteiger partial charge in [0.05, 0.1) is 6.04 Å². The van der Waals surface area contributed by atoms with Crippen LogP contribution in [-0.4, -0.2) is 30.2 Å². The van der Waals surface area contributed by atoms with Gasteiger partial charge in [0.1, 0.15) is 0 Å². The molecule has 1 N–H and O–H groups in total. The molecule has 3 nitrogen and oxygen atoms in total. The third kappa shape index (κ3) is 3.59. The van der Waals surface area contributed by atoms with E-state index in [1.54, 1.807) is 18.8 Å². The van der Waals surface area contributed by atoms with Crippen molar-refractivity contribution in [3.05, 3.63) is 65.2 Å². The molecule has 0 fully saturated rings. The summed E-state index contributed by atoms with van der Waals surface area (Å²) in [7, 11) is 1.72. The Bertz CT molecular complexity index is 684. The number of hydrogen-bond acceptors (Lipinski definition) is 3. The molecule has 1 heterocycles. The first-order chi connectivity index (χ1) is 11.2. The van der Waals surface area contributed by atoms with Crippen molar-refractivity contribution in [2.75, 3.05) is 13.3 Å². The summed E-state index contributed by atoms with van der Waals surface area (Å²) < 4.78 is 0. The summed E-state index contributed by atoms with van der Waals surface area (Å²) in [5.74, 6) is 0.0974. The third-order valence-corrected chi connectivity index (χ3v) is 5.18. The van der Waals surface area contributed by atoms with Gasteiger partial charge in [0, 0.05) is 25.0 Å². The van der Waals surface area contributed by atoms with Gasteiger partial charge in [-0.2, -0.15) is 0 Å². The number of thioether (sulfide) groups is 1. The van der Waals surface area contributed by atoms with Crippen LogP contribution in [0.25, 0.3) is 0 Å². The highest BCUT2D eigenvalue weighted by Crippen LogP contribution is 2.25. The quantitative estimate of drug-likeness (QED) is 0.877. The lowest BCUT2D eigenvalue weighted by Gasteiger charge is -2.35. The van der Waals surface area contributed by atoms with Crippen molar-refractivity contribution in [1.29, 1.82) is 0 Å². The van der Waals surface area contributed by atoms with Crippen molar-refractivity contribution in [1.82, 2.24) is 10.2 Å². The molecule has 0 bridgehead atoms. The van der Waals surface area contributed by atoms with Crippen LogP contribution in [0.15, 0.2) is 53.4 Å². The van der Waals surface area contributed by atoms with Crippen molar-refractivity contribution >= 4 is 17.7 Å². The van der Waals surface area contributed by atoms with Crippen molar-refractivity contribution in [2.45, 2.75) is 30.4 Å². The Hall–Kier alpha value is -1.78. The summed E-state index contributed by atoms with van der Waals surface area (Å²) in [5, 5.41) is 2.82. The summed E-state index contributed by atoms with van der Waals surface area (Å²) >= 11 is 1.75. The van der Waals surface area contributed by atoms with Crippen LogP contribution in [0.4, 0.5) is 0 Å². The number of benzene rings is 2. The smallest absolute Gasteiger partial charge is 0.237 e. The maximum atomic E-state index is 12.3. The van der Waals surface area contributed by atoms with E-state index in [1.165, 1.54) is 21.6 Å². The fourth-order valence-corrected chi connectivity index (χ4v) is 3.54. The molecule has 1 atom stereocenters. The Kier molecular flexibility index (Phi) is 5.03. The maximum absolute atomic E-state index is 12.3. The zero-order valence-electron chi connectivity index (χ0n) is 13.6. The van der Waals surface area contributed by atoms with Crippen LogP contribution in [-0.2, 0) is 24.3 Å². The lowest BCUT2D eigenvalue weighted by atomic mass is 9.93. The van der Waals surface area contributed by atoms with Gasteiger partial charge in [-0.05, 0) is 41.5 Å². The van der Waals surface area contributed by atoms with E-state index in [2.05, 4.69) is 65.0 Å². The molecule has 120 valence electrons. The maximum Gasteiger partial charge on any atom is 0.237 e. The Morgan fingerprint density at radius 3 is 2.52 bits per heavy atom. The molecule has 1 aliphatic heterocycles. The fourth-order valence-electron chi connectivity index (χ4n) is 3.13. The molecule has 0 aliphatic carbocycles. The van der Waals surface area contributed by atoms with E-state index in [0.717, 1.165) is 19.5 Å². The first kappa shape index (κ1) is 16.1. The summed E-state index contributed by atoms with van der Waals surface area (Å²) in [6.45, 7) is 1.61. The van der Waals surface area contributed by atoms with E-state index in [1.807, 2.05) is 0 Å². The second kappa shape index (κ2) is 7.20. The normalized spacial score (nSPS) is 17.6. The molecular weight excluding hydrogens is 304 g/mol. The zero-order chi connectivity index (χ0) is 16.2. The van der Waals surface area contributed by atoms with E-state index in [0.29, 0.717) is 0 Å². The van der Waals surface area contributed by atoms with Crippen molar-refractivity contribution in [3.63, 3.8) is 0 Å². The summed E-state index contributed by atoms with van der Waals surface area (Å²) in [5.41, 5.74) is 3.86. The zero-order valence-corrected chi connectivity index (χ0v) is 14.4. The number of carbonyl (C=O) groups is 1. The second-order valence-electron chi connectivity index (χ2n) is 5.86. The molecule has 2 aromatic rings. The Morgan fingerprint density at radius 2 is 1.87 bits per heavy atom. The minimum atomic E-state index is -0.102. The minimum Gasteiger partial charge on any atom is -0.358 e. The number of fused-ring (bicyclic) bond motifs is 1. The molecule has 0 spiro atoms. The largest absolute Gasteiger partial charge is 0.358 e. The third-order valence-electron chi connectivity index (χ3n) is 4.44. The highest BCUT2D eigenvalue weighted by atomic mass is 32.2. The monoisotopic (exact) mass is 326 g/mol. The number of nitrogens with one attached hydrogen (secondary N) is 1. The summed E-state index contributed by atoms with van der Waals surface area (Å²) in [4.78, 5) is 15.9. The molecule has 1 amide bonds. The molecule has 23 heavy (non-hydrogen) atoms. The SMILES string of the molecule is CNC(=O)[C@@H]1Cc2ccccc2CN1Cc1ccc(SC)cc1. The minimum absolute atomic E-state index is 0.0974. The molecule has 4 heteroatoms. The van der Waals surface area contributed by atoms with Crippen LogP contribution in [0.5, 0.6) is 0 Å². The number of rotatable bonds is 4. The summed E-state index contributed by atoms with van der Waals surface area (Å²) in [6.07, 6.45) is 2.86. The van der Waals surface area contributed by atoms with Gasteiger partial charge in [0.2, 0.25) is 5.91 Å². The van der Waals surface area contributed by atoms with Gasteiger partial charge >= 0.3 is 0 Å². The van der Waals surface area contributed by atoms with E-state index < -0.39 is 0 Å². The number of carbonyl (C=O) groups excluding carboxylic acids is 1. The van der Waals surface area contributed by atoms with Gasteiger partial charge in [-0.15, -0.1) is 11.8 Å². The van der Waals surface area contributed by atoms with Gasteiger partial charge in [-0.1, -0.05) is 36.4 Å². The van der Waals surface area contributed by atoms with Crippen molar-refractivity contribution in [3.8, 4) is 0 Å². The molecule has 0 saturated heterocycles. The average Bonchev–Trinajstić information content (AvgIpc) is 2.61. The number of nitrogens with zero attached hydrogens (tertiary/aromatic N) is 1. The standard InChI is InChI=1S/C19H22N2OS/c1-20-19(22)18-11-15-5-3-4-6-16(15)13-21(18)12-14-7-9-17(23-2)10-8-14/h3-10,18H,11-13H2,1-2H3,(H,20,22)/t18-/m0/s1. The molecule has 0 saturated carbocycles. The highest BCUT2D eigenvalue weighted by molar-refractivity contribution is 7.98. The Labute approximate surface area is 142 Å². The summed E-state index contributed by atoms with van der Waals surface area (Å²) in [6, 6.07) is 16.9. The van der Waals surface area contributed by atoms with E-state index in [9.17, 15) is 4.79 Å². The molecule has 0 aromatic heterocycles. The number of hydrogen-bond donors (Lipinski definition) is 1. The molecule has 3 rings (SSSR count). The first-order valence-corrected chi connectivity index (χ1v) is 9.09.